The van der Waals surface area contributed by atoms with Crippen LogP contribution in [-0.2, 0) is 11.3 Å². The highest BCUT2D eigenvalue weighted by molar-refractivity contribution is 5.92. The van der Waals surface area contributed by atoms with E-state index in [-0.39, 0.29) is 12.7 Å². The molecule has 1 fully saturated rings. The van der Waals surface area contributed by atoms with Gasteiger partial charge in [-0.1, -0.05) is 12.1 Å². The van der Waals surface area contributed by atoms with Gasteiger partial charge in [-0.15, -0.1) is 0 Å². The molecule has 1 saturated heterocycles. The number of ether oxygens (including phenoxy) is 2. The third kappa shape index (κ3) is 3.91. The first-order valence-electron chi connectivity index (χ1n) is 10.1. The van der Waals surface area contributed by atoms with E-state index in [1.807, 2.05) is 36.7 Å². The summed E-state index contributed by atoms with van der Waals surface area (Å²) in [6.45, 7) is 3.50. The highest BCUT2D eigenvalue weighted by Gasteiger charge is 2.22. The number of hydrogen-bond acceptors (Lipinski definition) is 5. The number of fused-ring (bicyclic) bond motifs is 2. The number of piperidine rings is 1. The summed E-state index contributed by atoms with van der Waals surface area (Å²) < 4.78 is 12.9. The minimum Gasteiger partial charge on any atom is -0.454 e. The van der Waals surface area contributed by atoms with Crippen LogP contribution in [0, 0.1) is 5.92 Å². The van der Waals surface area contributed by atoms with Crippen LogP contribution in [0.1, 0.15) is 12.8 Å². The van der Waals surface area contributed by atoms with E-state index in [0.717, 1.165) is 49.4 Å². The van der Waals surface area contributed by atoms with E-state index in [0.29, 0.717) is 18.2 Å². The number of carbonyl (C=O) groups excluding carboxylic acids is 1. The Morgan fingerprint density at radius 3 is 2.83 bits per heavy atom. The van der Waals surface area contributed by atoms with Gasteiger partial charge in [0, 0.05) is 18.3 Å². The average Bonchev–Trinajstić information content (AvgIpc) is 3.36. The van der Waals surface area contributed by atoms with E-state index in [1.165, 1.54) is 5.52 Å². The van der Waals surface area contributed by atoms with Gasteiger partial charge in [0.15, 0.2) is 11.5 Å². The number of nitrogens with one attached hydrogen (secondary N) is 1. The molecule has 3 heterocycles. The second-order valence-electron chi connectivity index (χ2n) is 7.72. The Hall–Kier alpha value is -3.06. The summed E-state index contributed by atoms with van der Waals surface area (Å²) in [7, 11) is 0. The fourth-order valence-corrected chi connectivity index (χ4v) is 4.14. The van der Waals surface area contributed by atoms with Crippen LogP contribution in [0.15, 0.2) is 48.8 Å². The van der Waals surface area contributed by atoms with Gasteiger partial charge in [0.05, 0.1) is 23.9 Å². The van der Waals surface area contributed by atoms with Gasteiger partial charge >= 0.3 is 0 Å². The van der Waals surface area contributed by atoms with Gasteiger partial charge in [-0.3, -0.25) is 9.69 Å². The topological polar surface area (TPSA) is 68.6 Å². The molecule has 2 aromatic carbocycles. The van der Waals surface area contributed by atoms with Crippen molar-refractivity contribution >= 4 is 22.6 Å². The molecule has 0 spiro atoms. The third-order valence-corrected chi connectivity index (χ3v) is 5.71. The number of carbonyl (C=O) groups is 1. The van der Waals surface area contributed by atoms with Crippen molar-refractivity contribution in [3.63, 3.8) is 0 Å². The number of hydrogen-bond donors (Lipinski definition) is 1. The lowest BCUT2D eigenvalue weighted by Crippen LogP contribution is -2.39. The van der Waals surface area contributed by atoms with Crippen LogP contribution >= 0.6 is 0 Å². The molecule has 0 atom stereocenters. The molecule has 0 saturated carbocycles. The molecular weight excluding hydrogens is 368 g/mol. The molecule has 150 valence electrons. The maximum Gasteiger partial charge on any atom is 0.238 e. The highest BCUT2D eigenvalue weighted by Crippen LogP contribution is 2.34. The summed E-state index contributed by atoms with van der Waals surface area (Å²) in [5.41, 5.74) is 2.98. The quantitative estimate of drug-likeness (QED) is 0.723. The number of aromatic nitrogens is 2. The zero-order valence-electron chi connectivity index (χ0n) is 16.2. The Balaban J connectivity index is 1.11. The Bertz CT molecular complexity index is 1020. The smallest absolute Gasteiger partial charge is 0.238 e. The second-order valence-corrected chi connectivity index (χ2v) is 7.72. The van der Waals surface area contributed by atoms with E-state index in [4.69, 9.17) is 9.47 Å². The molecule has 1 N–H and O–H groups in total. The first-order valence-corrected chi connectivity index (χ1v) is 10.1. The normalized spacial score (nSPS) is 17.0. The van der Waals surface area contributed by atoms with E-state index >= 15 is 0 Å². The molecule has 29 heavy (non-hydrogen) atoms. The summed E-state index contributed by atoms with van der Waals surface area (Å²) in [5, 5.41) is 2.96. The number of imidazole rings is 1. The third-order valence-electron chi connectivity index (χ3n) is 5.71. The lowest BCUT2D eigenvalue weighted by Gasteiger charge is -2.31. The maximum atomic E-state index is 12.4. The zero-order valence-corrected chi connectivity index (χ0v) is 16.2. The van der Waals surface area contributed by atoms with Crippen molar-refractivity contribution in [2.75, 3.05) is 31.7 Å². The largest absolute Gasteiger partial charge is 0.454 e. The van der Waals surface area contributed by atoms with Crippen molar-refractivity contribution in [2.45, 2.75) is 19.4 Å². The molecule has 7 heteroatoms. The highest BCUT2D eigenvalue weighted by atomic mass is 16.7. The van der Waals surface area contributed by atoms with E-state index in [1.54, 1.807) is 0 Å². The van der Waals surface area contributed by atoms with Gasteiger partial charge in [0.2, 0.25) is 12.7 Å². The number of likely N-dealkylation sites (tertiary alicyclic amines) is 1. The van der Waals surface area contributed by atoms with Gasteiger partial charge in [-0.25, -0.2) is 4.98 Å². The first kappa shape index (κ1) is 18.0. The minimum atomic E-state index is 0.00270. The summed E-state index contributed by atoms with van der Waals surface area (Å²) in [6.07, 6.45) is 4.11. The number of amides is 1. The predicted molar refractivity (Wildman–Crippen MR) is 110 cm³/mol. The Morgan fingerprint density at radius 2 is 1.93 bits per heavy atom. The average molecular weight is 392 g/mol. The first-order chi connectivity index (χ1) is 14.2. The van der Waals surface area contributed by atoms with Gasteiger partial charge in [0.25, 0.3) is 0 Å². The van der Waals surface area contributed by atoms with Gasteiger partial charge < -0.3 is 19.4 Å². The second kappa shape index (κ2) is 7.75. The lowest BCUT2D eigenvalue weighted by atomic mass is 9.96. The van der Waals surface area contributed by atoms with Crippen molar-refractivity contribution in [1.82, 2.24) is 14.5 Å². The number of benzene rings is 2. The van der Waals surface area contributed by atoms with E-state index < -0.39 is 0 Å². The molecule has 5 rings (SSSR count). The van der Waals surface area contributed by atoms with Crippen LogP contribution in [0.25, 0.3) is 11.0 Å². The van der Waals surface area contributed by atoms with Crippen LogP contribution in [0.5, 0.6) is 11.5 Å². The summed E-state index contributed by atoms with van der Waals surface area (Å²) in [6, 6.07) is 13.7. The standard InChI is InChI=1S/C22H24N4O3/c27-22(24-17-5-6-20-21(11-17)29-15-28-20)13-25-9-7-16(8-10-25)12-26-14-23-18-3-1-2-4-19(18)26/h1-6,11,14,16H,7-10,12-13,15H2,(H,24,27). The van der Waals surface area contributed by atoms with E-state index in [9.17, 15) is 4.79 Å². The van der Waals surface area contributed by atoms with Crippen LogP contribution in [-0.4, -0.2) is 46.8 Å². The summed E-state index contributed by atoms with van der Waals surface area (Å²) in [4.78, 5) is 19.1. The molecule has 0 aliphatic carbocycles. The monoisotopic (exact) mass is 392 g/mol. The number of para-hydroxylation sites is 2. The Kier molecular flexibility index (Phi) is 4.81. The number of rotatable bonds is 5. The van der Waals surface area contributed by atoms with Crippen LogP contribution in [0.2, 0.25) is 0 Å². The number of anilines is 1. The molecule has 2 aliphatic heterocycles. The summed E-state index contributed by atoms with van der Waals surface area (Å²) in [5.74, 6) is 2.01. The molecule has 0 radical (unpaired) electrons. The van der Waals surface area contributed by atoms with Crippen LogP contribution in [0.4, 0.5) is 5.69 Å². The molecule has 1 aromatic heterocycles. The number of nitrogens with zero attached hydrogens (tertiary/aromatic N) is 3. The molecule has 0 unspecified atom stereocenters. The molecule has 2 aliphatic rings. The van der Waals surface area contributed by atoms with E-state index in [2.05, 4.69) is 31.9 Å². The van der Waals surface area contributed by atoms with Crippen molar-refractivity contribution < 1.29 is 14.3 Å². The van der Waals surface area contributed by atoms with Gasteiger partial charge in [-0.2, -0.15) is 0 Å². The fraction of sp³-hybridized carbons (Fsp3) is 0.364. The van der Waals surface area contributed by atoms with Gasteiger partial charge in [-0.05, 0) is 56.1 Å². The fourth-order valence-electron chi connectivity index (χ4n) is 4.14. The molecule has 7 nitrogen and oxygen atoms in total. The van der Waals surface area contributed by atoms with Crippen molar-refractivity contribution in [3.05, 3.63) is 48.8 Å². The van der Waals surface area contributed by atoms with Crippen molar-refractivity contribution in [1.29, 1.82) is 0 Å². The molecule has 3 aromatic rings. The molecular formula is C22H24N4O3. The zero-order chi connectivity index (χ0) is 19.6. The Morgan fingerprint density at radius 1 is 1.10 bits per heavy atom. The molecule has 0 bridgehead atoms. The minimum absolute atomic E-state index is 0.00270. The predicted octanol–water partition coefficient (Wildman–Crippen LogP) is 3.12. The van der Waals surface area contributed by atoms with Crippen LogP contribution in [0.3, 0.4) is 0 Å². The van der Waals surface area contributed by atoms with Crippen LogP contribution < -0.4 is 14.8 Å². The lowest BCUT2D eigenvalue weighted by molar-refractivity contribution is -0.117. The van der Waals surface area contributed by atoms with Crippen molar-refractivity contribution in [3.8, 4) is 11.5 Å². The van der Waals surface area contributed by atoms with Gasteiger partial charge in [0.1, 0.15) is 0 Å². The molecule has 1 amide bonds. The summed E-state index contributed by atoms with van der Waals surface area (Å²) >= 11 is 0. The Labute approximate surface area is 169 Å². The maximum absolute atomic E-state index is 12.4. The van der Waals surface area contributed by atoms with Crippen molar-refractivity contribution in [2.24, 2.45) is 5.92 Å². The SMILES string of the molecule is O=C(CN1CCC(Cn2cnc3ccccc32)CC1)Nc1ccc2c(c1)OCO2.